The lowest BCUT2D eigenvalue weighted by molar-refractivity contribution is 0.173. The highest BCUT2D eigenvalue weighted by molar-refractivity contribution is 5.47. The standard InChI is InChI=1S/C14H16O2/c1-4-11-8-14(2,3)12-7-5-6-10(9-15)13(12)16-11/h1,5-7,11,15H,8-9H2,2-3H3. The van der Waals surface area contributed by atoms with Crippen molar-refractivity contribution < 1.29 is 9.84 Å². The van der Waals surface area contributed by atoms with Crippen molar-refractivity contribution in [1.82, 2.24) is 0 Å². The molecule has 1 unspecified atom stereocenters. The van der Waals surface area contributed by atoms with Crippen LogP contribution in [0.4, 0.5) is 0 Å². The highest BCUT2D eigenvalue weighted by atomic mass is 16.5. The van der Waals surface area contributed by atoms with Gasteiger partial charge in [0, 0.05) is 17.5 Å². The first-order valence-corrected chi connectivity index (χ1v) is 5.44. The van der Waals surface area contributed by atoms with Crippen molar-refractivity contribution in [2.75, 3.05) is 0 Å². The van der Waals surface area contributed by atoms with Crippen LogP contribution in [0.3, 0.4) is 0 Å². The van der Waals surface area contributed by atoms with E-state index >= 15 is 0 Å². The van der Waals surface area contributed by atoms with Gasteiger partial charge in [-0.15, -0.1) is 6.42 Å². The van der Waals surface area contributed by atoms with Crippen LogP contribution in [0.1, 0.15) is 31.4 Å². The van der Waals surface area contributed by atoms with E-state index in [0.717, 1.165) is 23.3 Å². The summed E-state index contributed by atoms with van der Waals surface area (Å²) < 4.78 is 5.74. The number of aliphatic hydroxyl groups excluding tert-OH is 1. The minimum Gasteiger partial charge on any atom is -0.477 e. The maximum Gasteiger partial charge on any atom is 0.159 e. The van der Waals surface area contributed by atoms with E-state index in [2.05, 4.69) is 19.8 Å². The van der Waals surface area contributed by atoms with E-state index in [1.165, 1.54) is 0 Å². The van der Waals surface area contributed by atoms with Crippen LogP contribution in [-0.2, 0) is 12.0 Å². The van der Waals surface area contributed by atoms with Crippen molar-refractivity contribution in [1.29, 1.82) is 0 Å². The van der Waals surface area contributed by atoms with Gasteiger partial charge in [0.05, 0.1) is 6.61 Å². The predicted molar refractivity (Wildman–Crippen MR) is 63.3 cm³/mol. The summed E-state index contributed by atoms with van der Waals surface area (Å²) in [5.41, 5.74) is 1.94. The fourth-order valence-electron chi connectivity index (χ4n) is 2.23. The molecule has 1 N–H and O–H groups in total. The zero-order valence-corrected chi connectivity index (χ0v) is 9.66. The molecule has 1 aromatic rings. The number of ether oxygens (including phenoxy) is 1. The lowest BCUT2D eigenvalue weighted by Gasteiger charge is -2.36. The van der Waals surface area contributed by atoms with Crippen LogP contribution in [0.15, 0.2) is 18.2 Å². The fraction of sp³-hybridized carbons (Fsp3) is 0.429. The van der Waals surface area contributed by atoms with Crippen molar-refractivity contribution in [3.63, 3.8) is 0 Å². The van der Waals surface area contributed by atoms with Crippen LogP contribution in [0.25, 0.3) is 0 Å². The number of benzene rings is 1. The summed E-state index contributed by atoms with van der Waals surface area (Å²) >= 11 is 0. The molecule has 1 aliphatic rings. The van der Waals surface area contributed by atoms with Crippen molar-refractivity contribution in [2.24, 2.45) is 0 Å². The largest absolute Gasteiger partial charge is 0.477 e. The van der Waals surface area contributed by atoms with Gasteiger partial charge in [-0.2, -0.15) is 0 Å². The molecule has 1 heterocycles. The zero-order chi connectivity index (χ0) is 11.8. The average Bonchev–Trinajstić information content (AvgIpc) is 2.27. The van der Waals surface area contributed by atoms with Gasteiger partial charge in [0.25, 0.3) is 0 Å². The van der Waals surface area contributed by atoms with Crippen LogP contribution < -0.4 is 4.74 Å². The van der Waals surface area contributed by atoms with Gasteiger partial charge >= 0.3 is 0 Å². The Morgan fingerprint density at radius 1 is 1.56 bits per heavy atom. The number of hydrogen-bond acceptors (Lipinski definition) is 2. The molecule has 0 aliphatic carbocycles. The minimum atomic E-state index is -0.199. The van der Waals surface area contributed by atoms with Gasteiger partial charge in [-0.05, 0) is 5.41 Å². The molecule has 0 aromatic heterocycles. The predicted octanol–water partition coefficient (Wildman–Crippen LogP) is 2.24. The Bertz CT molecular complexity index is 441. The van der Waals surface area contributed by atoms with Crippen molar-refractivity contribution in [2.45, 2.75) is 38.4 Å². The average molecular weight is 216 g/mol. The third kappa shape index (κ3) is 1.68. The molecule has 16 heavy (non-hydrogen) atoms. The molecule has 0 bridgehead atoms. The number of fused-ring (bicyclic) bond motifs is 1. The van der Waals surface area contributed by atoms with E-state index in [4.69, 9.17) is 11.2 Å². The molecule has 0 amide bonds. The van der Waals surface area contributed by atoms with Gasteiger partial charge in [-0.25, -0.2) is 0 Å². The van der Waals surface area contributed by atoms with Crippen LogP contribution in [0.5, 0.6) is 5.75 Å². The summed E-state index contributed by atoms with van der Waals surface area (Å²) in [5.74, 6) is 3.42. The van der Waals surface area contributed by atoms with Gasteiger partial charge in [0.15, 0.2) is 6.10 Å². The molecule has 84 valence electrons. The molecule has 0 radical (unpaired) electrons. The van der Waals surface area contributed by atoms with Crippen LogP contribution in [0.2, 0.25) is 0 Å². The molecule has 2 nitrogen and oxygen atoms in total. The number of rotatable bonds is 1. The SMILES string of the molecule is C#CC1CC(C)(C)c2cccc(CO)c2O1. The Hall–Kier alpha value is -1.46. The van der Waals surface area contributed by atoms with E-state index in [1.54, 1.807) is 0 Å². The highest BCUT2D eigenvalue weighted by Crippen LogP contribution is 2.42. The lowest BCUT2D eigenvalue weighted by Crippen LogP contribution is -2.33. The maximum absolute atomic E-state index is 9.29. The first-order chi connectivity index (χ1) is 7.58. The molecule has 2 rings (SSSR count). The fourth-order valence-corrected chi connectivity index (χ4v) is 2.23. The molecule has 1 aliphatic heterocycles. The smallest absolute Gasteiger partial charge is 0.159 e. The second kappa shape index (κ2) is 3.84. The third-order valence-corrected chi connectivity index (χ3v) is 3.14. The summed E-state index contributed by atoms with van der Waals surface area (Å²) in [6.45, 7) is 4.29. The summed E-state index contributed by atoms with van der Waals surface area (Å²) in [6.07, 6.45) is 6.05. The molecule has 2 heteroatoms. The first kappa shape index (κ1) is 11.0. The number of terminal acetylenes is 1. The van der Waals surface area contributed by atoms with Gasteiger partial charge < -0.3 is 9.84 Å². The van der Waals surface area contributed by atoms with Gasteiger partial charge in [-0.3, -0.25) is 0 Å². The molecule has 0 spiro atoms. The van der Waals surface area contributed by atoms with E-state index in [-0.39, 0.29) is 18.1 Å². The first-order valence-electron chi connectivity index (χ1n) is 5.44. The Labute approximate surface area is 96.3 Å². The number of aliphatic hydroxyl groups is 1. The topological polar surface area (TPSA) is 29.5 Å². The highest BCUT2D eigenvalue weighted by Gasteiger charge is 2.34. The lowest BCUT2D eigenvalue weighted by atomic mass is 9.77. The van der Waals surface area contributed by atoms with Crippen molar-refractivity contribution in [3.05, 3.63) is 29.3 Å². The van der Waals surface area contributed by atoms with Gasteiger partial charge in [0.1, 0.15) is 5.75 Å². The summed E-state index contributed by atoms with van der Waals surface area (Å²) in [4.78, 5) is 0. The Morgan fingerprint density at radius 2 is 2.31 bits per heavy atom. The second-order valence-electron chi connectivity index (χ2n) is 4.81. The van der Waals surface area contributed by atoms with E-state index in [9.17, 15) is 5.11 Å². The summed E-state index contributed by atoms with van der Waals surface area (Å²) in [7, 11) is 0. The maximum atomic E-state index is 9.29. The van der Waals surface area contributed by atoms with E-state index in [1.807, 2.05) is 18.2 Å². The molecule has 1 aromatic carbocycles. The quantitative estimate of drug-likeness (QED) is 0.729. The zero-order valence-electron chi connectivity index (χ0n) is 9.66. The number of para-hydroxylation sites is 1. The summed E-state index contributed by atoms with van der Waals surface area (Å²) in [5, 5.41) is 9.29. The molecule has 1 atom stereocenters. The second-order valence-corrected chi connectivity index (χ2v) is 4.81. The molecule has 0 saturated carbocycles. The van der Waals surface area contributed by atoms with Crippen molar-refractivity contribution in [3.8, 4) is 18.1 Å². The van der Waals surface area contributed by atoms with Crippen LogP contribution >= 0.6 is 0 Å². The molecule has 0 fully saturated rings. The number of hydrogen-bond donors (Lipinski definition) is 1. The van der Waals surface area contributed by atoms with Crippen LogP contribution in [0, 0.1) is 12.3 Å². The minimum absolute atomic E-state index is 0.00417. The van der Waals surface area contributed by atoms with Gasteiger partial charge in [-0.1, -0.05) is 38.0 Å². The van der Waals surface area contributed by atoms with Crippen molar-refractivity contribution >= 4 is 0 Å². The molecular weight excluding hydrogens is 200 g/mol. The monoisotopic (exact) mass is 216 g/mol. The Kier molecular flexibility index (Phi) is 2.65. The van der Waals surface area contributed by atoms with Crippen LogP contribution in [-0.4, -0.2) is 11.2 Å². The van der Waals surface area contributed by atoms with E-state index < -0.39 is 0 Å². The Morgan fingerprint density at radius 3 is 2.94 bits per heavy atom. The molecule has 0 saturated heterocycles. The summed E-state index contributed by atoms with van der Waals surface area (Å²) in [6, 6.07) is 5.86. The van der Waals surface area contributed by atoms with E-state index in [0.29, 0.717) is 0 Å². The third-order valence-electron chi connectivity index (χ3n) is 3.14. The normalized spacial score (nSPS) is 21.8. The Balaban J connectivity index is 2.55. The van der Waals surface area contributed by atoms with Gasteiger partial charge in [0.2, 0.25) is 0 Å². The molecular formula is C14H16O2.